The van der Waals surface area contributed by atoms with Gasteiger partial charge in [-0.2, -0.15) is 16.1 Å². The normalized spacial score (nSPS) is 20.9. The molecule has 3 rings (SSSR count). The molecule has 1 atom stereocenters. The van der Waals surface area contributed by atoms with Gasteiger partial charge >= 0.3 is 0 Å². The molecular weight excluding hydrogens is 310 g/mol. The summed E-state index contributed by atoms with van der Waals surface area (Å²) in [5, 5.41) is 2.03. The predicted octanol–water partition coefficient (Wildman–Crippen LogP) is 3.23. The van der Waals surface area contributed by atoms with Gasteiger partial charge < -0.3 is 0 Å². The number of thioether (sulfide) groups is 1. The van der Waals surface area contributed by atoms with E-state index in [0.717, 1.165) is 5.75 Å². The van der Waals surface area contributed by atoms with E-state index < -0.39 is 10.0 Å². The van der Waals surface area contributed by atoms with Gasteiger partial charge in [-0.15, -0.1) is 11.3 Å². The summed E-state index contributed by atoms with van der Waals surface area (Å²) in [5.74, 6) is 0.837. The minimum atomic E-state index is -3.32. The number of sulfonamides is 1. The highest BCUT2D eigenvalue weighted by molar-refractivity contribution is 7.99. The van der Waals surface area contributed by atoms with Gasteiger partial charge in [0, 0.05) is 24.1 Å². The van der Waals surface area contributed by atoms with E-state index in [2.05, 4.69) is 12.1 Å². The van der Waals surface area contributed by atoms with Gasteiger partial charge in [0.05, 0.1) is 0 Å². The highest BCUT2D eigenvalue weighted by atomic mass is 32.2. The van der Waals surface area contributed by atoms with E-state index in [-0.39, 0.29) is 5.25 Å². The average molecular weight is 325 g/mol. The molecule has 0 bridgehead atoms. The van der Waals surface area contributed by atoms with Crippen LogP contribution in [0.15, 0.2) is 52.1 Å². The molecule has 6 heteroatoms. The molecule has 0 amide bonds. The van der Waals surface area contributed by atoms with E-state index in [9.17, 15) is 8.42 Å². The first-order valence-electron chi connectivity index (χ1n) is 6.38. The van der Waals surface area contributed by atoms with Gasteiger partial charge in [-0.05, 0) is 17.0 Å². The standard InChI is InChI=1S/C14H15NO2S3/c16-20(17,14-7-4-9-19-14)15-8-10-18-13(11-15)12-5-2-1-3-6-12/h1-7,9,13H,8,10-11H2. The van der Waals surface area contributed by atoms with E-state index in [4.69, 9.17) is 0 Å². The number of nitrogens with zero attached hydrogens (tertiary/aromatic N) is 1. The predicted molar refractivity (Wildman–Crippen MR) is 84.7 cm³/mol. The minimum absolute atomic E-state index is 0.222. The number of hydrogen-bond donors (Lipinski definition) is 0. The molecule has 1 fully saturated rings. The lowest BCUT2D eigenvalue weighted by Crippen LogP contribution is -2.38. The van der Waals surface area contributed by atoms with Gasteiger partial charge in [0.25, 0.3) is 10.0 Å². The van der Waals surface area contributed by atoms with Crippen molar-refractivity contribution in [3.05, 3.63) is 53.4 Å². The molecule has 2 aromatic rings. The largest absolute Gasteiger partial charge is 0.252 e. The molecule has 106 valence electrons. The average Bonchev–Trinajstić information content (AvgIpc) is 3.03. The van der Waals surface area contributed by atoms with E-state index in [1.807, 2.05) is 30.0 Å². The highest BCUT2D eigenvalue weighted by Crippen LogP contribution is 2.35. The second-order valence-corrected chi connectivity index (χ2v) is 8.99. The van der Waals surface area contributed by atoms with Crippen molar-refractivity contribution in [1.29, 1.82) is 0 Å². The third-order valence-corrected chi connectivity index (χ3v) is 7.77. The van der Waals surface area contributed by atoms with Crippen molar-refractivity contribution in [2.75, 3.05) is 18.8 Å². The van der Waals surface area contributed by atoms with Crippen LogP contribution in [0, 0.1) is 0 Å². The maximum atomic E-state index is 12.6. The van der Waals surface area contributed by atoms with Crippen molar-refractivity contribution in [1.82, 2.24) is 4.31 Å². The Balaban J connectivity index is 1.83. The number of benzene rings is 1. The fraction of sp³-hybridized carbons (Fsp3) is 0.286. The Hall–Kier alpha value is -0.820. The summed E-state index contributed by atoms with van der Waals surface area (Å²) < 4.78 is 27.2. The Labute approximate surface area is 127 Å². The van der Waals surface area contributed by atoms with Crippen molar-refractivity contribution in [2.24, 2.45) is 0 Å². The van der Waals surface area contributed by atoms with Gasteiger partial charge in [0.15, 0.2) is 0 Å². The summed E-state index contributed by atoms with van der Waals surface area (Å²) in [6.45, 7) is 1.14. The number of thiophene rings is 1. The molecule has 1 aromatic carbocycles. The Morgan fingerprint density at radius 1 is 1.10 bits per heavy atom. The van der Waals surface area contributed by atoms with E-state index >= 15 is 0 Å². The molecule has 0 spiro atoms. The molecule has 1 unspecified atom stereocenters. The Bertz CT molecular complexity index is 653. The summed E-state index contributed by atoms with van der Waals surface area (Å²) in [4.78, 5) is 0. The molecule has 0 saturated carbocycles. The van der Waals surface area contributed by atoms with Crippen LogP contribution in [0.1, 0.15) is 10.8 Å². The molecule has 0 aliphatic carbocycles. The highest BCUT2D eigenvalue weighted by Gasteiger charge is 2.31. The molecular formula is C14H15NO2S3. The molecule has 0 radical (unpaired) electrons. The molecule has 0 N–H and O–H groups in total. The van der Waals surface area contributed by atoms with Crippen LogP contribution in [0.2, 0.25) is 0 Å². The van der Waals surface area contributed by atoms with Crippen LogP contribution in [0.3, 0.4) is 0 Å². The quantitative estimate of drug-likeness (QED) is 0.869. The van der Waals surface area contributed by atoms with Crippen LogP contribution < -0.4 is 0 Å². The first-order chi connectivity index (χ1) is 9.68. The summed E-state index contributed by atoms with van der Waals surface area (Å²) in [7, 11) is -3.32. The van der Waals surface area contributed by atoms with Crippen LogP contribution in [-0.2, 0) is 10.0 Å². The number of rotatable bonds is 3. The lowest BCUT2D eigenvalue weighted by molar-refractivity contribution is 0.422. The summed E-state index contributed by atoms with van der Waals surface area (Å²) in [6.07, 6.45) is 0. The van der Waals surface area contributed by atoms with Crippen molar-refractivity contribution < 1.29 is 8.42 Å². The van der Waals surface area contributed by atoms with Gasteiger partial charge in [0.1, 0.15) is 4.21 Å². The Morgan fingerprint density at radius 3 is 2.60 bits per heavy atom. The fourth-order valence-electron chi connectivity index (χ4n) is 2.25. The van der Waals surface area contributed by atoms with Crippen LogP contribution in [0.5, 0.6) is 0 Å². The summed E-state index contributed by atoms with van der Waals surface area (Å²) in [6, 6.07) is 13.6. The smallest absolute Gasteiger partial charge is 0.206 e. The Morgan fingerprint density at radius 2 is 1.90 bits per heavy atom. The Kier molecular flexibility index (Phi) is 4.16. The van der Waals surface area contributed by atoms with Gasteiger partial charge in [-0.3, -0.25) is 0 Å². The SMILES string of the molecule is O=S(=O)(c1cccs1)N1CCSC(c2ccccc2)C1. The van der Waals surface area contributed by atoms with Crippen molar-refractivity contribution >= 4 is 33.1 Å². The summed E-state index contributed by atoms with van der Waals surface area (Å²) in [5.41, 5.74) is 1.20. The molecule has 1 aliphatic rings. The second kappa shape index (κ2) is 5.89. The maximum Gasteiger partial charge on any atom is 0.252 e. The van der Waals surface area contributed by atoms with Crippen molar-refractivity contribution in [3.63, 3.8) is 0 Å². The van der Waals surface area contributed by atoms with Gasteiger partial charge in [-0.25, -0.2) is 8.42 Å². The maximum absolute atomic E-state index is 12.6. The van der Waals surface area contributed by atoms with E-state index in [0.29, 0.717) is 17.3 Å². The number of hydrogen-bond acceptors (Lipinski definition) is 4. The lowest BCUT2D eigenvalue weighted by Gasteiger charge is -2.31. The van der Waals surface area contributed by atoms with E-state index in [1.54, 1.807) is 21.8 Å². The topological polar surface area (TPSA) is 37.4 Å². The molecule has 1 aromatic heterocycles. The van der Waals surface area contributed by atoms with Crippen LogP contribution in [0.4, 0.5) is 0 Å². The third kappa shape index (κ3) is 2.79. The monoisotopic (exact) mass is 325 g/mol. The van der Waals surface area contributed by atoms with Crippen LogP contribution in [-0.4, -0.2) is 31.6 Å². The van der Waals surface area contributed by atoms with Crippen LogP contribution in [0.25, 0.3) is 0 Å². The van der Waals surface area contributed by atoms with E-state index in [1.165, 1.54) is 16.9 Å². The van der Waals surface area contributed by atoms with Gasteiger partial charge in [0.2, 0.25) is 0 Å². The van der Waals surface area contributed by atoms with Crippen molar-refractivity contribution in [2.45, 2.75) is 9.46 Å². The zero-order chi connectivity index (χ0) is 14.0. The lowest BCUT2D eigenvalue weighted by atomic mass is 10.1. The molecule has 20 heavy (non-hydrogen) atoms. The third-order valence-electron chi connectivity index (χ3n) is 3.29. The fourth-order valence-corrected chi connectivity index (χ4v) is 6.31. The minimum Gasteiger partial charge on any atom is -0.206 e. The second-order valence-electron chi connectivity index (χ2n) is 4.57. The first-order valence-corrected chi connectivity index (χ1v) is 9.75. The summed E-state index contributed by atoms with van der Waals surface area (Å²) >= 11 is 3.11. The zero-order valence-electron chi connectivity index (χ0n) is 10.8. The molecule has 2 heterocycles. The van der Waals surface area contributed by atoms with Crippen molar-refractivity contribution in [3.8, 4) is 0 Å². The first kappa shape index (κ1) is 14.1. The zero-order valence-corrected chi connectivity index (χ0v) is 13.3. The van der Waals surface area contributed by atoms with Crippen LogP contribution >= 0.6 is 23.1 Å². The molecule has 1 aliphatic heterocycles. The molecule has 1 saturated heterocycles. The molecule has 3 nitrogen and oxygen atoms in total. The van der Waals surface area contributed by atoms with Gasteiger partial charge in [-0.1, -0.05) is 36.4 Å².